The normalized spacial score (nSPS) is 14.0. The molecule has 0 spiro atoms. The molecule has 0 amide bonds. The fraction of sp³-hybridized carbons (Fsp3) is 0.0882. The summed E-state index contributed by atoms with van der Waals surface area (Å²) in [5.74, 6) is 1.67. The van der Waals surface area contributed by atoms with Gasteiger partial charge in [-0.1, -0.05) is 203 Å². The van der Waals surface area contributed by atoms with Crippen LogP contribution in [0.2, 0.25) is 0 Å². The van der Waals surface area contributed by atoms with Crippen LogP contribution in [-0.2, 0) is 0 Å². The fourth-order valence-corrected chi connectivity index (χ4v) is 10.4. The number of para-hydroxylation sites is 1. The summed E-state index contributed by atoms with van der Waals surface area (Å²) in [6.07, 6.45) is 12.0. The minimum atomic E-state index is 0.113. The third-order valence-electron chi connectivity index (χ3n) is 14.2. The highest BCUT2D eigenvalue weighted by Crippen LogP contribution is 2.46. The second kappa shape index (κ2) is 18.5. The topological polar surface area (TPSA) is 43.9 Å². The third kappa shape index (κ3) is 8.41. The minimum absolute atomic E-state index is 0.113. The quantitative estimate of drug-likeness (QED) is 0.128. The summed E-state index contributed by atoms with van der Waals surface area (Å²) in [6.45, 7) is 11.3. The van der Waals surface area contributed by atoms with Gasteiger partial charge >= 0.3 is 0 Å². The molecule has 12 rings (SSSR count). The first-order chi connectivity index (χ1) is 35.3. The second-order valence-corrected chi connectivity index (χ2v) is 19.9. The van der Waals surface area contributed by atoms with Gasteiger partial charge < -0.3 is 8.98 Å². The van der Waals surface area contributed by atoms with Gasteiger partial charge in [0.05, 0.1) is 28.1 Å². The molecule has 0 fully saturated rings. The molecule has 0 N–H and O–H groups in total. The number of rotatable bonds is 10. The summed E-state index contributed by atoms with van der Waals surface area (Å²) in [5, 5.41) is 3.42. The van der Waals surface area contributed by atoms with E-state index in [0.717, 1.165) is 78.9 Å². The number of nitrogens with zero attached hydrogens (tertiary/aromatic N) is 3. The molecule has 4 heteroatoms. The molecular formula is C68H53N3O. The van der Waals surface area contributed by atoms with Gasteiger partial charge in [0.2, 0.25) is 0 Å². The van der Waals surface area contributed by atoms with Crippen LogP contribution in [0.4, 0.5) is 0 Å². The monoisotopic (exact) mass is 927 g/mol. The largest absolute Gasteiger partial charge is 0.457 e. The molecule has 1 atom stereocenters. The van der Waals surface area contributed by atoms with Crippen molar-refractivity contribution in [1.82, 2.24) is 14.5 Å². The zero-order valence-corrected chi connectivity index (χ0v) is 40.8. The Morgan fingerprint density at radius 3 is 1.65 bits per heavy atom. The van der Waals surface area contributed by atoms with Gasteiger partial charge in [0.25, 0.3) is 0 Å². The molecule has 0 radical (unpaired) electrons. The molecule has 3 aromatic heterocycles. The Hall–Kier alpha value is -8.86. The van der Waals surface area contributed by atoms with E-state index in [2.05, 4.69) is 226 Å². The number of hydrogen-bond acceptors (Lipinski definition) is 3. The van der Waals surface area contributed by atoms with Crippen LogP contribution in [0.15, 0.2) is 242 Å². The van der Waals surface area contributed by atoms with Crippen molar-refractivity contribution in [1.29, 1.82) is 0 Å². The van der Waals surface area contributed by atoms with Crippen molar-refractivity contribution in [2.75, 3.05) is 0 Å². The van der Waals surface area contributed by atoms with Crippen LogP contribution in [0.1, 0.15) is 44.3 Å². The second-order valence-electron chi connectivity index (χ2n) is 19.9. The first kappa shape index (κ1) is 44.4. The standard InChI is InChI=1S/C68H53N3O/c1-5-45(38-56-39-53-28-18-19-29-65(53)72-56)67-69-61(50-26-16-9-17-27-50)44-62(70-67)54-42-57(48-24-14-8-15-25-48)66(58(43-54)49-30-34-55(35-31-49)68(2,3)4)71-63-36-32-51(46-20-10-6-11-21-46)40-59(63)60-41-52(33-37-64(60)71)47-22-12-7-13-23-47/h5-34,36-44,55H,1,35H2,2-4H3/b45-38+. The van der Waals surface area contributed by atoms with Gasteiger partial charge in [0.15, 0.2) is 5.82 Å². The van der Waals surface area contributed by atoms with Crippen LogP contribution in [0.3, 0.4) is 0 Å². The lowest BCUT2D eigenvalue weighted by atomic mass is 9.75. The van der Waals surface area contributed by atoms with Crippen LogP contribution in [-0.4, -0.2) is 14.5 Å². The predicted molar refractivity (Wildman–Crippen MR) is 303 cm³/mol. The molecule has 4 nitrogen and oxygen atoms in total. The van der Waals surface area contributed by atoms with E-state index >= 15 is 0 Å². The maximum Gasteiger partial charge on any atom is 0.160 e. The van der Waals surface area contributed by atoms with E-state index in [4.69, 9.17) is 14.4 Å². The van der Waals surface area contributed by atoms with E-state index in [-0.39, 0.29) is 5.41 Å². The Balaban J connectivity index is 1.15. The van der Waals surface area contributed by atoms with E-state index in [1.165, 1.54) is 38.6 Å². The smallest absolute Gasteiger partial charge is 0.160 e. The van der Waals surface area contributed by atoms with Gasteiger partial charge in [0, 0.05) is 44.0 Å². The van der Waals surface area contributed by atoms with E-state index in [1.807, 2.05) is 42.5 Å². The molecule has 0 saturated carbocycles. The lowest BCUT2D eigenvalue weighted by Gasteiger charge is -2.30. The van der Waals surface area contributed by atoms with Crippen LogP contribution < -0.4 is 0 Å². The fourth-order valence-electron chi connectivity index (χ4n) is 10.4. The highest BCUT2D eigenvalue weighted by atomic mass is 16.3. The molecule has 0 bridgehead atoms. The number of allylic oxidation sites excluding steroid dienone is 6. The maximum absolute atomic E-state index is 6.30. The van der Waals surface area contributed by atoms with E-state index in [0.29, 0.717) is 17.5 Å². The number of fused-ring (bicyclic) bond motifs is 4. The van der Waals surface area contributed by atoms with E-state index in [9.17, 15) is 0 Å². The predicted octanol–water partition coefficient (Wildman–Crippen LogP) is 18.4. The summed E-state index contributed by atoms with van der Waals surface area (Å²) in [4.78, 5) is 10.7. The summed E-state index contributed by atoms with van der Waals surface area (Å²) >= 11 is 0. The molecule has 0 aliphatic heterocycles. The van der Waals surface area contributed by atoms with Crippen molar-refractivity contribution in [3.8, 4) is 61.6 Å². The average Bonchev–Trinajstić information content (AvgIpc) is 4.00. The Labute approximate surface area is 421 Å². The van der Waals surface area contributed by atoms with Gasteiger partial charge in [-0.05, 0) is 112 Å². The molecule has 3 heterocycles. The van der Waals surface area contributed by atoms with Crippen molar-refractivity contribution < 1.29 is 4.42 Å². The first-order valence-electron chi connectivity index (χ1n) is 24.9. The Morgan fingerprint density at radius 2 is 1.10 bits per heavy atom. The first-order valence-corrected chi connectivity index (χ1v) is 24.9. The number of furan rings is 1. The van der Waals surface area contributed by atoms with Crippen molar-refractivity contribution in [2.24, 2.45) is 11.3 Å². The number of benzene rings is 8. The van der Waals surface area contributed by atoms with Crippen LogP contribution >= 0.6 is 0 Å². The maximum atomic E-state index is 6.30. The van der Waals surface area contributed by atoms with Gasteiger partial charge in [-0.2, -0.15) is 0 Å². The molecule has 1 aliphatic rings. The van der Waals surface area contributed by atoms with Crippen molar-refractivity contribution >= 4 is 50.0 Å². The molecule has 1 unspecified atom stereocenters. The lowest BCUT2D eigenvalue weighted by molar-refractivity contribution is 0.294. The van der Waals surface area contributed by atoms with Gasteiger partial charge in [0.1, 0.15) is 11.3 Å². The Kier molecular flexibility index (Phi) is 11.4. The highest BCUT2D eigenvalue weighted by molar-refractivity contribution is 6.13. The van der Waals surface area contributed by atoms with Crippen LogP contribution in [0.25, 0.3) is 112 Å². The van der Waals surface area contributed by atoms with Crippen LogP contribution in [0.5, 0.6) is 0 Å². The lowest BCUT2D eigenvalue weighted by Crippen LogP contribution is -2.19. The average molecular weight is 928 g/mol. The molecule has 11 aromatic rings. The van der Waals surface area contributed by atoms with Gasteiger partial charge in [-0.3, -0.25) is 0 Å². The molecule has 72 heavy (non-hydrogen) atoms. The molecule has 8 aromatic carbocycles. The van der Waals surface area contributed by atoms with Crippen LogP contribution in [0, 0.1) is 11.3 Å². The SMILES string of the molecule is C=C/C(=C\c1cc2ccccc2o1)c1nc(-c2ccccc2)cc(-c2cc(C3=CCC(C(C)(C)C)C=C3)c(-n3c4ccc(-c5ccccc5)cc4c4cc(-c5ccccc5)ccc43)c(-c3ccccc3)c2)n1. The van der Waals surface area contributed by atoms with E-state index < -0.39 is 0 Å². The number of aromatic nitrogens is 3. The highest BCUT2D eigenvalue weighted by Gasteiger charge is 2.27. The molecule has 346 valence electrons. The van der Waals surface area contributed by atoms with Crippen molar-refractivity contribution in [3.63, 3.8) is 0 Å². The van der Waals surface area contributed by atoms with Crippen molar-refractivity contribution in [3.05, 3.63) is 254 Å². The summed E-state index contributed by atoms with van der Waals surface area (Å²) in [7, 11) is 0. The minimum Gasteiger partial charge on any atom is -0.457 e. The zero-order chi connectivity index (χ0) is 48.8. The van der Waals surface area contributed by atoms with E-state index in [1.54, 1.807) is 0 Å². The van der Waals surface area contributed by atoms with Gasteiger partial charge in [-0.15, -0.1) is 0 Å². The van der Waals surface area contributed by atoms with Crippen molar-refractivity contribution in [2.45, 2.75) is 27.2 Å². The van der Waals surface area contributed by atoms with Gasteiger partial charge in [-0.25, -0.2) is 9.97 Å². The Bertz CT molecular complexity index is 3790. The molecular weight excluding hydrogens is 875 g/mol. The molecule has 1 aliphatic carbocycles. The zero-order valence-electron chi connectivity index (χ0n) is 40.8. The summed E-state index contributed by atoms with van der Waals surface area (Å²) in [5.41, 5.74) is 17.9. The summed E-state index contributed by atoms with van der Waals surface area (Å²) in [6, 6.07) is 73.5. The molecule has 0 saturated heterocycles. The summed E-state index contributed by atoms with van der Waals surface area (Å²) < 4.78 is 8.82. The third-order valence-corrected chi connectivity index (χ3v) is 14.2. The Morgan fingerprint density at radius 1 is 0.556 bits per heavy atom. The number of hydrogen-bond donors (Lipinski definition) is 0.